The Morgan fingerprint density at radius 1 is 1.35 bits per heavy atom. The molecule has 17 heavy (non-hydrogen) atoms. The van der Waals surface area contributed by atoms with Crippen LogP contribution in [0.1, 0.15) is 5.56 Å². The summed E-state index contributed by atoms with van der Waals surface area (Å²) in [6, 6.07) is 4.14. The second-order valence-corrected chi connectivity index (χ2v) is 3.74. The molecule has 0 saturated carbocycles. The Morgan fingerprint density at radius 3 is 2.82 bits per heavy atom. The van der Waals surface area contributed by atoms with Gasteiger partial charge in [0, 0.05) is 17.3 Å². The molecule has 0 aliphatic rings. The fourth-order valence-corrected chi connectivity index (χ4v) is 1.35. The van der Waals surface area contributed by atoms with Crippen LogP contribution in [-0.2, 0) is 0 Å². The lowest BCUT2D eigenvalue weighted by molar-refractivity contribution is 0.423. The van der Waals surface area contributed by atoms with Gasteiger partial charge in [-0.25, -0.2) is 14.4 Å². The van der Waals surface area contributed by atoms with Crippen molar-refractivity contribution in [2.45, 2.75) is 6.92 Å². The highest BCUT2D eigenvalue weighted by atomic mass is 35.5. The van der Waals surface area contributed by atoms with E-state index in [1.165, 1.54) is 24.5 Å². The van der Waals surface area contributed by atoms with Crippen molar-refractivity contribution in [3.05, 3.63) is 41.1 Å². The van der Waals surface area contributed by atoms with E-state index in [-0.39, 0.29) is 16.8 Å². The highest BCUT2D eigenvalue weighted by Crippen LogP contribution is 2.28. The standard InChI is InChI=1S/C11H9ClFN3O/c1-6-10(12)15-5-16-11(6)17-9-3-2-7(14)4-8(9)13/h2-5H,14H2,1H3. The average Bonchev–Trinajstić information content (AvgIpc) is 2.28. The van der Waals surface area contributed by atoms with E-state index in [4.69, 9.17) is 22.1 Å². The van der Waals surface area contributed by atoms with Crippen LogP contribution in [0.4, 0.5) is 10.1 Å². The predicted octanol–water partition coefficient (Wildman–Crippen LogP) is 2.95. The van der Waals surface area contributed by atoms with Crippen molar-refractivity contribution in [1.29, 1.82) is 0 Å². The molecule has 0 aliphatic carbocycles. The Morgan fingerprint density at radius 2 is 2.12 bits per heavy atom. The average molecular weight is 254 g/mol. The third-order valence-electron chi connectivity index (χ3n) is 2.14. The summed E-state index contributed by atoms with van der Waals surface area (Å²) < 4.78 is 18.8. The maximum Gasteiger partial charge on any atom is 0.226 e. The molecule has 88 valence electrons. The monoisotopic (exact) mass is 253 g/mol. The smallest absolute Gasteiger partial charge is 0.226 e. The maximum atomic E-state index is 13.5. The summed E-state index contributed by atoms with van der Waals surface area (Å²) in [4.78, 5) is 7.66. The zero-order valence-electron chi connectivity index (χ0n) is 8.95. The molecule has 0 fully saturated rings. The van der Waals surface area contributed by atoms with E-state index < -0.39 is 5.82 Å². The van der Waals surface area contributed by atoms with E-state index in [1.807, 2.05) is 0 Å². The van der Waals surface area contributed by atoms with E-state index in [0.29, 0.717) is 11.3 Å². The fourth-order valence-electron chi connectivity index (χ4n) is 1.22. The van der Waals surface area contributed by atoms with Gasteiger partial charge in [0.05, 0.1) is 0 Å². The molecule has 1 aromatic heterocycles. The highest BCUT2D eigenvalue weighted by molar-refractivity contribution is 6.30. The Bertz CT molecular complexity index is 562. The molecular weight excluding hydrogens is 245 g/mol. The number of benzene rings is 1. The zero-order valence-corrected chi connectivity index (χ0v) is 9.70. The lowest BCUT2D eigenvalue weighted by Gasteiger charge is -2.08. The Kier molecular flexibility index (Phi) is 3.10. The van der Waals surface area contributed by atoms with Gasteiger partial charge in [0.2, 0.25) is 5.88 Å². The molecule has 0 radical (unpaired) electrons. The molecule has 1 aromatic carbocycles. The highest BCUT2D eigenvalue weighted by Gasteiger charge is 2.10. The molecule has 0 aliphatic heterocycles. The first-order chi connectivity index (χ1) is 8.08. The van der Waals surface area contributed by atoms with Crippen molar-refractivity contribution in [2.24, 2.45) is 0 Å². The van der Waals surface area contributed by atoms with E-state index in [2.05, 4.69) is 9.97 Å². The summed E-state index contributed by atoms with van der Waals surface area (Å²) in [6.07, 6.45) is 1.25. The summed E-state index contributed by atoms with van der Waals surface area (Å²) in [5.41, 5.74) is 6.31. The largest absolute Gasteiger partial charge is 0.435 e. The Hall–Kier alpha value is -1.88. The molecule has 2 rings (SSSR count). The van der Waals surface area contributed by atoms with Crippen molar-refractivity contribution in [2.75, 3.05) is 5.73 Å². The molecular formula is C11H9ClFN3O. The van der Waals surface area contributed by atoms with Crippen LogP contribution < -0.4 is 10.5 Å². The molecule has 2 aromatic rings. The summed E-state index contributed by atoms with van der Waals surface area (Å²) in [6.45, 7) is 1.69. The summed E-state index contributed by atoms with van der Waals surface area (Å²) in [5.74, 6) is -0.301. The third-order valence-corrected chi connectivity index (χ3v) is 2.52. The number of aromatic nitrogens is 2. The lowest BCUT2D eigenvalue weighted by atomic mass is 10.3. The van der Waals surface area contributed by atoms with Crippen molar-refractivity contribution >= 4 is 17.3 Å². The van der Waals surface area contributed by atoms with Crippen LogP contribution in [0.15, 0.2) is 24.5 Å². The van der Waals surface area contributed by atoms with Gasteiger partial charge >= 0.3 is 0 Å². The second kappa shape index (κ2) is 4.55. The normalized spacial score (nSPS) is 10.3. The number of hydrogen-bond donors (Lipinski definition) is 1. The van der Waals surface area contributed by atoms with Gasteiger partial charge in [0.1, 0.15) is 11.5 Å². The van der Waals surface area contributed by atoms with Gasteiger partial charge in [-0.3, -0.25) is 0 Å². The number of hydrogen-bond acceptors (Lipinski definition) is 4. The summed E-state index contributed by atoms with van der Waals surface area (Å²) >= 11 is 5.80. The Balaban J connectivity index is 2.35. The first-order valence-electron chi connectivity index (χ1n) is 4.78. The SMILES string of the molecule is Cc1c(Cl)ncnc1Oc1ccc(N)cc1F. The van der Waals surface area contributed by atoms with Crippen molar-refractivity contribution in [3.8, 4) is 11.6 Å². The molecule has 1 heterocycles. The molecule has 6 heteroatoms. The van der Waals surface area contributed by atoms with Crippen LogP contribution >= 0.6 is 11.6 Å². The van der Waals surface area contributed by atoms with Crippen LogP contribution in [-0.4, -0.2) is 9.97 Å². The molecule has 0 bridgehead atoms. The van der Waals surface area contributed by atoms with E-state index in [1.54, 1.807) is 6.92 Å². The van der Waals surface area contributed by atoms with Gasteiger partial charge in [-0.2, -0.15) is 0 Å². The van der Waals surface area contributed by atoms with Gasteiger partial charge in [-0.05, 0) is 19.1 Å². The number of halogens is 2. The lowest BCUT2D eigenvalue weighted by Crippen LogP contribution is -1.96. The number of rotatable bonds is 2. The number of nitrogen functional groups attached to an aromatic ring is 1. The van der Waals surface area contributed by atoms with E-state index in [9.17, 15) is 4.39 Å². The number of nitrogens with two attached hydrogens (primary N) is 1. The first kappa shape index (κ1) is 11.6. The number of anilines is 1. The zero-order chi connectivity index (χ0) is 12.4. The van der Waals surface area contributed by atoms with Crippen molar-refractivity contribution < 1.29 is 9.13 Å². The van der Waals surface area contributed by atoms with Gasteiger partial charge in [0.25, 0.3) is 0 Å². The predicted molar refractivity (Wildman–Crippen MR) is 62.7 cm³/mol. The number of nitrogens with zero attached hydrogens (tertiary/aromatic N) is 2. The third kappa shape index (κ3) is 2.45. The minimum absolute atomic E-state index is 0.0390. The van der Waals surface area contributed by atoms with E-state index >= 15 is 0 Å². The fraction of sp³-hybridized carbons (Fsp3) is 0.0909. The molecule has 4 nitrogen and oxygen atoms in total. The van der Waals surface area contributed by atoms with Crippen molar-refractivity contribution in [3.63, 3.8) is 0 Å². The molecule has 0 saturated heterocycles. The van der Waals surface area contributed by atoms with Crippen LogP contribution in [0.25, 0.3) is 0 Å². The topological polar surface area (TPSA) is 61.0 Å². The van der Waals surface area contributed by atoms with Crippen LogP contribution in [0.5, 0.6) is 11.6 Å². The molecule has 0 amide bonds. The Labute approximate surface area is 102 Å². The number of ether oxygens (including phenoxy) is 1. The molecule has 0 unspecified atom stereocenters. The quantitative estimate of drug-likeness (QED) is 0.660. The van der Waals surface area contributed by atoms with Crippen LogP contribution in [0.2, 0.25) is 5.15 Å². The van der Waals surface area contributed by atoms with Gasteiger partial charge < -0.3 is 10.5 Å². The van der Waals surface area contributed by atoms with Crippen LogP contribution in [0, 0.1) is 12.7 Å². The minimum atomic E-state index is -0.556. The second-order valence-electron chi connectivity index (χ2n) is 3.39. The maximum absolute atomic E-state index is 13.5. The molecule has 0 atom stereocenters. The van der Waals surface area contributed by atoms with Gasteiger partial charge in [0.15, 0.2) is 11.6 Å². The van der Waals surface area contributed by atoms with Gasteiger partial charge in [-0.15, -0.1) is 0 Å². The summed E-state index contributed by atoms with van der Waals surface area (Å²) in [7, 11) is 0. The minimum Gasteiger partial charge on any atom is -0.435 e. The van der Waals surface area contributed by atoms with Crippen LogP contribution in [0.3, 0.4) is 0 Å². The molecule has 0 spiro atoms. The summed E-state index contributed by atoms with van der Waals surface area (Å²) in [5, 5.41) is 0.269. The van der Waals surface area contributed by atoms with Crippen molar-refractivity contribution in [1.82, 2.24) is 9.97 Å². The van der Waals surface area contributed by atoms with E-state index in [0.717, 1.165) is 0 Å². The molecule has 2 N–H and O–H groups in total. The first-order valence-corrected chi connectivity index (χ1v) is 5.15. The van der Waals surface area contributed by atoms with Gasteiger partial charge in [-0.1, -0.05) is 11.6 Å².